The first-order chi connectivity index (χ1) is 7.67. The van der Waals surface area contributed by atoms with E-state index >= 15 is 0 Å². The predicted octanol–water partition coefficient (Wildman–Crippen LogP) is 5.12. The molecule has 16 heavy (non-hydrogen) atoms. The normalized spacial score (nSPS) is 11.8. The highest BCUT2D eigenvalue weighted by Crippen LogP contribution is 2.36. The summed E-state index contributed by atoms with van der Waals surface area (Å²) in [5, 5.41) is 0.981. The Morgan fingerprint density at radius 2 is 1.88 bits per heavy atom. The number of rotatable bonds is 6. The van der Waals surface area contributed by atoms with E-state index < -0.39 is 0 Å². The SMILES string of the molecule is CCC(CC)(CBr)CSc1ccccc1F. The van der Waals surface area contributed by atoms with Crippen LogP contribution < -0.4 is 0 Å². The Morgan fingerprint density at radius 3 is 2.38 bits per heavy atom. The lowest BCUT2D eigenvalue weighted by atomic mass is 9.87. The fraction of sp³-hybridized carbons (Fsp3) is 0.538. The zero-order chi connectivity index (χ0) is 12.0. The maximum atomic E-state index is 13.4. The lowest BCUT2D eigenvalue weighted by molar-refractivity contribution is 0.359. The molecule has 0 aromatic heterocycles. The van der Waals surface area contributed by atoms with Gasteiger partial charge in [0.05, 0.1) is 0 Å². The van der Waals surface area contributed by atoms with E-state index in [-0.39, 0.29) is 11.2 Å². The zero-order valence-corrected chi connectivity index (χ0v) is 12.2. The molecule has 0 heterocycles. The van der Waals surface area contributed by atoms with Gasteiger partial charge in [-0.25, -0.2) is 4.39 Å². The first-order valence-electron chi connectivity index (χ1n) is 5.60. The van der Waals surface area contributed by atoms with Crippen LogP contribution >= 0.6 is 27.7 Å². The summed E-state index contributed by atoms with van der Waals surface area (Å²) >= 11 is 5.20. The predicted molar refractivity (Wildman–Crippen MR) is 73.9 cm³/mol. The maximum absolute atomic E-state index is 13.4. The van der Waals surface area contributed by atoms with Crippen LogP contribution in [0.25, 0.3) is 0 Å². The molecule has 1 aromatic rings. The van der Waals surface area contributed by atoms with E-state index in [1.165, 1.54) is 6.07 Å². The molecule has 0 saturated heterocycles. The van der Waals surface area contributed by atoms with Gasteiger partial charge in [0.25, 0.3) is 0 Å². The Kier molecular flexibility index (Phi) is 5.84. The smallest absolute Gasteiger partial charge is 0.136 e. The molecular formula is C13H18BrFS. The standard InChI is InChI=1S/C13H18BrFS/c1-3-13(4-2,9-14)10-16-12-8-6-5-7-11(12)15/h5-8H,3-4,9-10H2,1-2H3. The number of hydrogen-bond donors (Lipinski definition) is 0. The van der Waals surface area contributed by atoms with Crippen molar-refractivity contribution in [2.24, 2.45) is 5.41 Å². The number of hydrogen-bond acceptors (Lipinski definition) is 1. The highest BCUT2D eigenvalue weighted by atomic mass is 79.9. The molecule has 0 fully saturated rings. The molecule has 0 bridgehead atoms. The van der Waals surface area contributed by atoms with Crippen molar-refractivity contribution in [3.8, 4) is 0 Å². The zero-order valence-electron chi connectivity index (χ0n) is 9.80. The second kappa shape index (κ2) is 6.65. The summed E-state index contributed by atoms with van der Waals surface area (Å²) in [6.07, 6.45) is 2.24. The largest absolute Gasteiger partial charge is 0.206 e. The Morgan fingerprint density at radius 1 is 1.25 bits per heavy atom. The first kappa shape index (κ1) is 14.0. The Balaban J connectivity index is 2.66. The van der Waals surface area contributed by atoms with Crippen molar-refractivity contribution in [1.82, 2.24) is 0 Å². The lowest BCUT2D eigenvalue weighted by Crippen LogP contribution is -2.23. The van der Waals surface area contributed by atoms with Gasteiger partial charge in [-0.1, -0.05) is 41.9 Å². The molecule has 0 radical (unpaired) electrons. The van der Waals surface area contributed by atoms with Crippen molar-refractivity contribution in [2.75, 3.05) is 11.1 Å². The molecule has 0 aliphatic rings. The van der Waals surface area contributed by atoms with Crippen molar-refractivity contribution in [3.63, 3.8) is 0 Å². The minimum Gasteiger partial charge on any atom is -0.206 e. The Bertz CT molecular complexity index is 315. The lowest BCUT2D eigenvalue weighted by Gasteiger charge is -2.29. The van der Waals surface area contributed by atoms with E-state index in [2.05, 4.69) is 29.8 Å². The molecule has 90 valence electrons. The van der Waals surface area contributed by atoms with E-state index in [0.29, 0.717) is 0 Å². The monoisotopic (exact) mass is 304 g/mol. The van der Waals surface area contributed by atoms with Gasteiger partial charge in [-0.05, 0) is 30.4 Å². The maximum Gasteiger partial charge on any atom is 0.136 e. The topological polar surface area (TPSA) is 0 Å². The summed E-state index contributed by atoms with van der Waals surface area (Å²) in [6, 6.07) is 7.00. The third-order valence-electron chi connectivity index (χ3n) is 3.15. The number of alkyl halides is 1. The van der Waals surface area contributed by atoms with Crippen LogP contribution in [-0.2, 0) is 0 Å². The average molecular weight is 305 g/mol. The molecule has 0 aliphatic heterocycles. The van der Waals surface area contributed by atoms with Crippen molar-refractivity contribution in [1.29, 1.82) is 0 Å². The van der Waals surface area contributed by atoms with Gasteiger partial charge >= 0.3 is 0 Å². The third-order valence-corrected chi connectivity index (χ3v) is 5.74. The molecule has 0 aliphatic carbocycles. The summed E-state index contributed by atoms with van der Waals surface area (Å²) in [5.74, 6) is 0.856. The third kappa shape index (κ3) is 3.49. The van der Waals surface area contributed by atoms with E-state index in [1.54, 1.807) is 17.8 Å². The van der Waals surface area contributed by atoms with Crippen LogP contribution in [0.5, 0.6) is 0 Å². The molecule has 0 N–H and O–H groups in total. The minimum atomic E-state index is -0.108. The van der Waals surface area contributed by atoms with E-state index in [0.717, 1.165) is 28.8 Å². The average Bonchev–Trinajstić information content (AvgIpc) is 2.34. The van der Waals surface area contributed by atoms with Gasteiger partial charge < -0.3 is 0 Å². The van der Waals surface area contributed by atoms with E-state index in [4.69, 9.17) is 0 Å². The number of thioether (sulfide) groups is 1. The molecule has 0 atom stereocenters. The fourth-order valence-corrected chi connectivity index (χ4v) is 4.08. The highest BCUT2D eigenvalue weighted by Gasteiger charge is 2.25. The molecule has 0 amide bonds. The minimum absolute atomic E-state index is 0.108. The number of halogens is 2. The molecule has 1 aromatic carbocycles. The van der Waals surface area contributed by atoms with Gasteiger partial charge in [0.1, 0.15) is 5.82 Å². The van der Waals surface area contributed by atoms with Crippen LogP contribution in [0, 0.1) is 11.2 Å². The van der Waals surface area contributed by atoms with Gasteiger partial charge in [0.2, 0.25) is 0 Å². The van der Waals surface area contributed by atoms with Crippen LogP contribution in [0.4, 0.5) is 4.39 Å². The van der Waals surface area contributed by atoms with Crippen molar-refractivity contribution in [3.05, 3.63) is 30.1 Å². The molecular weight excluding hydrogens is 287 g/mol. The van der Waals surface area contributed by atoms with Crippen molar-refractivity contribution < 1.29 is 4.39 Å². The second-order valence-corrected chi connectivity index (χ2v) is 5.64. The Labute approximate surface area is 110 Å². The van der Waals surface area contributed by atoms with Gasteiger partial charge in [-0.2, -0.15) is 0 Å². The molecule has 0 spiro atoms. The summed E-state index contributed by atoms with van der Waals surface area (Å²) in [4.78, 5) is 0.759. The van der Waals surface area contributed by atoms with Crippen molar-refractivity contribution >= 4 is 27.7 Å². The van der Waals surface area contributed by atoms with E-state index in [9.17, 15) is 4.39 Å². The quantitative estimate of drug-likeness (QED) is 0.519. The molecule has 0 unspecified atom stereocenters. The highest BCUT2D eigenvalue weighted by molar-refractivity contribution is 9.09. The first-order valence-corrected chi connectivity index (χ1v) is 7.71. The summed E-state index contributed by atoms with van der Waals surface area (Å²) in [7, 11) is 0. The van der Waals surface area contributed by atoms with Gasteiger partial charge in [-0.3, -0.25) is 0 Å². The van der Waals surface area contributed by atoms with Crippen LogP contribution in [-0.4, -0.2) is 11.1 Å². The summed E-state index contributed by atoms with van der Waals surface area (Å²) in [6.45, 7) is 4.40. The number of benzene rings is 1. The molecule has 1 rings (SSSR count). The fourth-order valence-electron chi connectivity index (χ4n) is 1.47. The summed E-state index contributed by atoms with van der Waals surface area (Å²) < 4.78 is 13.4. The molecule has 0 saturated carbocycles. The van der Waals surface area contributed by atoms with E-state index in [1.807, 2.05) is 12.1 Å². The van der Waals surface area contributed by atoms with Crippen molar-refractivity contribution in [2.45, 2.75) is 31.6 Å². The van der Waals surface area contributed by atoms with Crippen LogP contribution in [0.3, 0.4) is 0 Å². The van der Waals surface area contributed by atoms with Crippen LogP contribution in [0.2, 0.25) is 0 Å². The van der Waals surface area contributed by atoms with Crippen LogP contribution in [0.1, 0.15) is 26.7 Å². The summed E-state index contributed by atoms with van der Waals surface area (Å²) in [5.41, 5.74) is 0.285. The molecule has 0 nitrogen and oxygen atoms in total. The van der Waals surface area contributed by atoms with Gasteiger partial charge in [0.15, 0.2) is 0 Å². The molecule has 3 heteroatoms. The second-order valence-electron chi connectivity index (χ2n) is 4.06. The van der Waals surface area contributed by atoms with Crippen LogP contribution in [0.15, 0.2) is 29.2 Å². The van der Waals surface area contributed by atoms with Gasteiger partial charge in [-0.15, -0.1) is 11.8 Å². The van der Waals surface area contributed by atoms with Gasteiger partial charge in [0, 0.05) is 16.0 Å². The Hall–Kier alpha value is -0.0200.